The first kappa shape index (κ1) is 15.9. The summed E-state index contributed by atoms with van der Waals surface area (Å²) >= 11 is 7.38. The van der Waals surface area contributed by atoms with Crippen LogP contribution < -0.4 is 0 Å². The zero-order valence-corrected chi connectivity index (χ0v) is 13.2. The average molecular weight is 322 g/mol. The van der Waals surface area contributed by atoms with Gasteiger partial charge < -0.3 is 4.90 Å². The van der Waals surface area contributed by atoms with Gasteiger partial charge in [0.15, 0.2) is 5.17 Å². The summed E-state index contributed by atoms with van der Waals surface area (Å²) in [4.78, 5) is 22.1. The van der Waals surface area contributed by atoms with Gasteiger partial charge in [-0.05, 0) is 18.1 Å². The van der Waals surface area contributed by atoms with E-state index in [0.29, 0.717) is 31.0 Å². The van der Waals surface area contributed by atoms with Gasteiger partial charge in [-0.2, -0.15) is 4.99 Å². The quantitative estimate of drug-likeness (QED) is 0.475. The number of thioether (sulfide) groups is 1. The molecule has 0 bridgehead atoms. The molecule has 110 valence electrons. The fraction of sp³-hybridized carbons (Fsp3) is 0.400. The Morgan fingerprint density at radius 2 is 2.43 bits per heavy atom. The summed E-state index contributed by atoms with van der Waals surface area (Å²) in [6.07, 6.45) is 8.63. The van der Waals surface area contributed by atoms with Crippen molar-refractivity contribution < 1.29 is 4.79 Å². The average Bonchev–Trinajstić information content (AvgIpc) is 2.89. The van der Waals surface area contributed by atoms with Gasteiger partial charge in [0.25, 0.3) is 0 Å². The molecule has 2 rings (SSSR count). The van der Waals surface area contributed by atoms with Crippen LogP contribution in [0.25, 0.3) is 0 Å². The lowest BCUT2D eigenvalue weighted by atomic mass is 10.2. The number of carbonyl (C=O) groups is 1. The molecular weight excluding hydrogens is 306 g/mol. The second-order valence-electron chi connectivity index (χ2n) is 4.60. The molecule has 1 aromatic heterocycles. The van der Waals surface area contributed by atoms with Gasteiger partial charge in [-0.3, -0.25) is 4.79 Å². The molecule has 0 unspecified atom stereocenters. The van der Waals surface area contributed by atoms with E-state index in [-0.39, 0.29) is 5.91 Å². The van der Waals surface area contributed by atoms with Gasteiger partial charge >= 0.3 is 0 Å². The highest BCUT2D eigenvalue weighted by Gasteiger charge is 2.20. The molecule has 0 atom stereocenters. The smallest absolute Gasteiger partial charge is 0.248 e. The van der Waals surface area contributed by atoms with Crippen LogP contribution in [0.15, 0.2) is 23.3 Å². The molecule has 4 nitrogen and oxygen atoms in total. The molecule has 1 aromatic rings. The zero-order valence-electron chi connectivity index (χ0n) is 11.6. The first-order valence-corrected chi connectivity index (χ1v) is 8.08. The van der Waals surface area contributed by atoms with E-state index < -0.39 is 0 Å². The van der Waals surface area contributed by atoms with E-state index in [4.69, 9.17) is 18.0 Å². The lowest BCUT2D eigenvalue weighted by Crippen LogP contribution is -2.24. The second kappa shape index (κ2) is 8.06. The van der Waals surface area contributed by atoms with Crippen LogP contribution in [0.4, 0.5) is 0 Å². The van der Waals surface area contributed by atoms with Crippen molar-refractivity contribution in [2.24, 2.45) is 4.99 Å². The molecule has 0 aromatic carbocycles. The Labute approximate surface area is 134 Å². The summed E-state index contributed by atoms with van der Waals surface area (Å²) in [6, 6.07) is 3.70. The van der Waals surface area contributed by atoms with Crippen LogP contribution in [0, 0.1) is 12.3 Å². The van der Waals surface area contributed by atoms with Crippen molar-refractivity contribution in [3.63, 3.8) is 0 Å². The Morgan fingerprint density at radius 1 is 1.57 bits per heavy atom. The van der Waals surface area contributed by atoms with Gasteiger partial charge in [-0.25, -0.2) is 4.98 Å². The normalized spacial score (nSPS) is 16.2. The number of aliphatic imine (C=N–C) groups is 1. The number of aromatic nitrogens is 1. The fourth-order valence-electron chi connectivity index (χ4n) is 1.91. The van der Waals surface area contributed by atoms with E-state index in [2.05, 4.69) is 20.8 Å². The molecule has 1 aliphatic heterocycles. The van der Waals surface area contributed by atoms with E-state index in [0.717, 1.165) is 23.0 Å². The van der Waals surface area contributed by atoms with Crippen molar-refractivity contribution >= 4 is 34.4 Å². The standard InChI is InChI=1S/C15H16ClN3OS/c1-2-3-4-5-14(20)18-15-19(8-9-21-15)11-12-6-7-13(16)17-10-12/h1,6-7,10H,3-5,8-9,11H2. The number of nitrogens with zero attached hydrogens (tertiary/aromatic N) is 3. The number of rotatable bonds is 5. The minimum atomic E-state index is -0.103. The monoisotopic (exact) mass is 321 g/mol. The number of amidine groups is 1. The largest absolute Gasteiger partial charge is 0.346 e. The Bertz CT molecular complexity index is 565. The van der Waals surface area contributed by atoms with E-state index in [9.17, 15) is 4.79 Å². The Hall–Kier alpha value is -1.51. The molecule has 0 radical (unpaired) electrons. The lowest BCUT2D eigenvalue weighted by Gasteiger charge is -2.17. The molecule has 6 heteroatoms. The lowest BCUT2D eigenvalue weighted by molar-refractivity contribution is -0.117. The molecule has 1 aliphatic rings. The summed E-state index contributed by atoms with van der Waals surface area (Å²) < 4.78 is 0. The van der Waals surface area contributed by atoms with Crippen molar-refractivity contribution in [3.8, 4) is 12.3 Å². The van der Waals surface area contributed by atoms with Gasteiger partial charge in [0.2, 0.25) is 5.91 Å². The number of carbonyl (C=O) groups excluding carboxylic acids is 1. The van der Waals surface area contributed by atoms with Crippen LogP contribution in [0.3, 0.4) is 0 Å². The van der Waals surface area contributed by atoms with E-state index in [1.54, 1.807) is 24.0 Å². The third-order valence-electron chi connectivity index (χ3n) is 2.96. The third kappa shape index (κ3) is 5.07. The van der Waals surface area contributed by atoms with Crippen molar-refractivity contribution in [2.75, 3.05) is 12.3 Å². The first-order chi connectivity index (χ1) is 10.2. The number of hydrogen-bond acceptors (Lipinski definition) is 3. The number of amides is 1. The van der Waals surface area contributed by atoms with E-state index in [1.165, 1.54) is 0 Å². The molecule has 2 heterocycles. The van der Waals surface area contributed by atoms with Crippen LogP contribution >= 0.6 is 23.4 Å². The SMILES string of the molecule is C#CCCCC(=O)N=C1SCCN1Cc1ccc(Cl)nc1. The van der Waals surface area contributed by atoms with Gasteiger partial charge in [-0.15, -0.1) is 12.3 Å². The highest BCUT2D eigenvalue weighted by atomic mass is 35.5. The van der Waals surface area contributed by atoms with E-state index >= 15 is 0 Å². The molecule has 0 spiro atoms. The van der Waals surface area contributed by atoms with Crippen molar-refractivity contribution in [1.29, 1.82) is 0 Å². The number of halogens is 1. The predicted octanol–water partition coefficient (Wildman–Crippen LogP) is 2.97. The molecule has 0 saturated carbocycles. The predicted molar refractivity (Wildman–Crippen MR) is 87.2 cm³/mol. The maximum Gasteiger partial charge on any atom is 0.248 e. The molecule has 1 amide bonds. The second-order valence-corrected chi connectivity index (χ2v) is 6.05. The van der Waals surface area contributed by atoms with Crippen LogP contribution in [-0.2, 0) is 11.3 Å². The van der Waals surface area contributed by atoms with Gasteiger partial charge in [0, 0.05) is 37.9 Å². The van der Waals surface area contributed by atoms with Gasteiger partial charge in [-0.1, -0.05) is 29.4 Å². The van der Waals surface area contributed by atoms with Crippen LogP contribution in [0.5, 0.6) is 0 Å². The minimum absolute atomic E-state index is 0.103. The Morgan fingerprint density at radius 3 is 3.14 bits per heavy atom. The summed E-state index contributed by atoms with van der Waals surface area (Å²) in [5.41, 5.74) is 1.05. The van der Waals surface area contributed by atoms with Crippen molar-refractivity contribution in [2.45, 2.75) is 25.8 Å². The molecule has 1 saturated heterocycles. The summed E-state index contributed by atoms with van der Waals surface area (Å²) in [5.74, 6) is 3.37. The van der Waals surface area contributed by atoms with Crippen molar-refractivity contribution in [1.82, 2.24) is 9.88 Å². The Kier molecular flexibility index (Phi) is 6.09. The zero-order chi connectivity index (χ0) is 15.1. The third-order valence-corrected chi connectivity index (χ3v) is 4.18. The summed E-state index contributed by atoms with van der Waals surface area (Å²) in [6.45, 7) is 1.57. The molecule has 0 N–H and O–H groups in total. The highest BCUT2D eigenvalue weighted by molar-refractivity contribution is 8.14. The van der Waals surface area contributed by atoms with Gasteiger partial charge in [0.05, 0.1) is 0 Å². The number of terminal acetylenes is 1. The fourth-order valence-corrected chi connectivity index (χ4v) is 3.02. The van der Waals surface area contributed by atoms with Crippen LogP contribution in [0.1, 0.15) is 24.8 Å². The maximum atomic E-state index is 11.8. The van der Waals surface area contributed by atoms with Crippen LogP contribution in [0.2, 0.25) is 5.15 Å². The molecule has 1 fully saturated rings. The Balaban J connectivity index is 1.95. The molecule has 0 aliphatic carbocycles. The number of unbranched alkanes of at least 4 members (excludes halogenated alkanes) is 1. The topological polar surface area (TPSA) is 45.6 Å². The number of hydrogen-bond donors (Lipinski definition) is 0. The summed E-state index contributed by atoms with van der Waals surface area (Å²) in [7, 11) is 0. The van der Waals surface area contributed by atoms with Crippen molar-refractivity contribution in [3.05, 3.63) is 29.0 Å². The maximum absolute atomic E-state index is 11.8. The highest BCUT2D eigenvalue weighted by Crippen LogP contribution is 2.21. The molecular formula is C15H16ClN3OS. The minimum Gasteiger partial charge on any atom is -0.346 e. The van der Waals surface area contributed by atoms with E-state index in [1.807, 2.05) is 6.07 Å². The first-order valence-electron chi connectivity index (χ1n) is 6.72. The van der Waals surface area contributed by atoms with Gasteiger partial charge in [0.1, 0.15) is 5.15 Å². The molecule has 21 heavy (non-hydrogen) atoms. The number of pyridine rings is 1. The summed E-state index contributed by atoms with van der Waals surface area (Å²) in [5, 5.41) is 1.27. The van der Waals surface area contributed by atoms with Crippen LogP contribution in [-0.4, -0.2) is 33.3 Å².